The van der Waals surface area contributed by atoms with E-state index in [1.54, 1.807) is 47.0 Å². The number of rotatable bonds is 6. The van der Waals surface area contributed by atoms with Crippen LogP contribution < -0.4 is 11.2 Å². The number of hydrogen-bond donors (Lipinski definition) is 0. The summed E-state index contributed by atoms with van der Waals surface area (Å²) in [6.45, 7) is 0.326. The molecule has 2 aromatic heterocycles. The van der Waals surface area contributed by atoms with Crippen molar-refractivity contribution >= 4 is 39.4 Å². The summed E-state index contributed by atoms with van der Waals surface area (Å²) < 4.78 is 6.86. The summed E-state index contributed by atoms with van der Waals surface area (Å²) in [7, 11) is 0. The van der Waals surface area contributed by atoms with E-state index in [2.05, 4.69) is 4.98 Å². The number of ketones is 1. The first-order valence-electron chi connectivity index (χ1n) is 10.3. The Kier molecular flexibility index (Phi) is 5.62. The van der Waals surface area contributed by atoms with Gasteiger partial charge in [-0.1, -0.05) is 72.4 Å². The average molecular weight is 455 g/mol. The van der Waals surface area contributed by atoms with Crippen LogP contribution in [0.25, 0.3) is 21.9 Å². The number of Topliss-reactive ketones (excluding diaryl/α,β-unsaturated/α-hetero) is 1. The number of nitrogens with zero attached hydrogens (tertiary/aromatic N) is 2. The molecular weight excluding hydrogens is 436 g/mol. The van der Waals surface area contributed by atoms with Crippen LogP contribution in [-0.2, 0) is 6.54 Å². The van der Waals surface area contributed by atoms with Gasteiger partial charge in [0.15, 0.2) is 10.9 Å². The largest absolute Gasteiger partial charge is 0.422 e. The molecule has 0 aliphatic carbocycles. The maximum Gasteiger partial charge on any atom is 0.347 e. The predicted octanol–water partition coefficient (Wildman–Crippen LogP) is 4.53. The third kappa shape index (κ3) is 4.23. The average Bonchev–Trinajstić information content (AvgIpc) is 2.84. The summed E-state index contributed by atoms with van der Waals surface area (Å²) in [5, 5.41) is 1.61. The lowest BCUT2D eigenvalue weighted by atomic mass is 10.1. The topological polar surface area (TPSA) is 82.2 Å². The van der Waals surface area contributed by atoms with Crippen molar-refractivity contribution in [3.8, 4) is 0 Å². The molecule has 0 aliphatic heterocycles. The Bertz CT molecular complexity index is 1610. The fourth-order valence-electron chi connectivity index (χ4n) is 3.63. The van der Waals surface area contributed by atoms with Crippen LogP contribution in [0.5, 0.6) is 0 Å². The highest BCUT2D eigenvalue weighted by atomic mass is 32.2. The number of carbonyl (C=O) groups excluding carboxylic acids is 1. The molecule has 0 saturated heterocycles. The first kappa shape index (κ1) is 20.9. The maximum atomic E-state index is 13.2. The molecule has 0 bridgehead atoms. The molecule has 0 unspecified atom stereocenters. The Morgan fingerprint density at radius 3 is 2.48 bits per heavy atom. The number of thioether (sulfide) groups is 1. The SMILES string of the molecule is O=C(CSc1nc2ccccc2c(=O)n1Cc1ccccc1)c1cc2ccccc2oc1=O. The van der Waals surface area contributed by atoms with E-state index >= 15 is 0 Å². The number of hydrogen-bond acceptors (Lipinski definition) is 6. The van der Waals surface area contributed by atoms with Gasteiger partial charge in [-0.3, -0.25) is 14.2 Å². The lowest BCUT2D eigenvalue weighted by Crippen LogP contribution is -2.24. The zero-order valence-electron chi connectivity index (χ0n) is 17.4. The molecule has 0 aliphatic rings. The monoisotopic (exact) mass is 454 g/mol. The Balaban J connectivity index is 1.50. The molecule has 6 nitrogen and oxygen atoms in total. The molecule has 5 aromatic rings. The first-order valence-corrected chi connectivity index (χ1v) is 11.3. The molecule has 0 fully saturated rings. The third-order valence-corrected chi connectivity index (χ3v) is 6.26. The first-order chi connectivity index (χ1) is 16.1. The molecule has 33 heavy (non-hydrogen) atoms. The van der Waals surface area contributed by atoms with Crippen LogP contribution in [0, 0.1) is 0 Å². The van der Waals surface area contributed by atoms with Crippen LogP contribution in [0.3, 0.4) is 0 Å². The van der Waals surface area contributed by atoms with Crippen molar-refractivity contribution in [2.75, 3.05) is 5.75 Å². The lowest BCUT2D eigenvalue weighted by Gasteiger charge is -2.13. The van der Waals surface area contributed by atoms with Crippen LogP contribution in [0.4, 0.5) is 0 Å². The van der Waals surface area contributed by atoms with Crippen LogP contribution in [0.15, 0.2) is 104 Å². The summed E-state index contributed by atoms with van der Waals surface area (Å²) in [5.74, 6) is -0.434. The highest BCUT2D eigenvalue weighted by Gasteiger charge is 2.17. The minimum Gasteiger partial charge on any atom is -0.422 e. The van der Waals surface area contributed by atoms with Crippen molar-refractivity contribution in [1.29, 1.82) is 0 Å². The van der Waals surface area contributed by atoms with Gasteiger partial charge in [0.05, 0.1) is 23.2 Å². The highest BCUT2D eigenvalue weighted by molar-refractivity contribution is 7.99. The van der Waals surface area contributed by atoms with Gasteiger partial charge in [0.25, 0.3) is 5.56 Å². The van der Waals surface area contributed by atoms with Gasteiger partial charge in [-0.25, -0.2) is 9.78 Å². The summed E-state index contributed by atoms with van der Waals surface area (Å²) in [5.41, 5.74) is 1.07. The second kappa shape index (κ2) is 8.88. The van der Waals surface area contributed by atoms with Crippen molar-refractivity contribution < 1.29 is 9.21 Å². The standard InChI is InChI=1S/C26H18N2O4S/c29-22(20-14-18-10-4-7-13-23(18)32-25(20)31)16-33-26-27-21-12-6-5-11-19(21)24(30)28(26)15-17-8-2-1-3-9-17/h1-14H,15-16H2. The quantitative estimate of drug-likeness (QED) is 0.162. The Hall–Kier alpha value is -3.97. The zero-order chi connectivity index (χ0) is 22.8. The molecule has 5 rings (SSSR count). The summed E-state index contributed by atoms with van der Waals surface area (Å²) in [6, 6.07) is 25.3. The Morgan fingerprint density at radius 1 is 0.909 bits per heavy atom. The van der Waals surface area contributed by atoms with Crippen LogP contribution in [-0.4, -0.2) is 21.1 Å². The van der Waals surface area contributed by atoms with Gasteiger partial charge in [0.2, 0.25) is 0 Å². The van der Waals surface area contributed by atoms with Crippen molar-refractivity contribution in [1.82, 2.24) is 9.55 Å². The Morgan fingerprint density at radius 2 is 1.64 bits per heavy atom. The van der Waals surface area contributed by atoms with Gasteiger partial charge >= 0.3 is 5.63 Å². The summed E-state index contributed by atoms with van der Waals surface area (Å²) in [4.78, 5) is 43.1. The fraction of sp³-hybridized carbons (Fsp3) is 0.0769. The number of aromatic nitrogens is 2. The van der Waals surface area contributed by atoms with Crippen molar-refractivity contribution in [2.45, 2.75) is 11.7 Å². The maximum absolute atomic E-state index is 13.2. The van der Waals surface area contributed by atoms with Gasteiger partial charge in [0, 0.05) is 5.39 Å². The van der Waals surface area contributed by atoms with Gasteiger partial charge in [-0.2, -0.15) is 0 Å². The lowest BCUT2D eigenvalue weighted by molar-refractivity contribution is 0.101. The molecule has 0 radical (unpaired) electrons. The van der Waals surface area contributed by atoms with E-state index in [4.69, 9.17) is 4.42 Å². The van der Waals surface area contributed by atoms with E-state index in [0.29, 0.717) is 33.6 Å². The van der Waals surface area contributed by atoms with E-state index in [9.17, 15) is 14.4 Å². The van der Waals surface area contributed by atoms with Gasteiger partial charge in [0.1, 0.15) is 11.1 Å². The molecule has 0 amide bonds. The summed E-state index contributed by atoms with van der Waals surface area (Å²) in [6.07, 6.45) is 0. The van der Waals surface area contributed by atoms with Crippen molar-refractivity contribution in [3.63, 3.8) is 0 Å². The van der Waals surface area contributed by atoms with E-state index in [1.165, 1.54) is 0 Å². The number of benzene rings is 3. The van der Waals surface area contributed by atoms with Crippen LogP contribution in [0.2, 0.25) is 0 Å². The van der Waals surface area contributed by atoms with Gasteiger partial charge in [-0.05, 0) is 29.8 Å². The number of carbonyl (C=O) groups is 1. The molecule has 0 N–H and O–H groups in total. The Labute approximate surface area is 192 Å². The van der Waals surface area contributed by atoms with E-state index < -0.39 is 5.63 Å². The van der Waals surface area contributed by atoms with Crippen molar-refractivity contribution in [3.05, 3.63) is 117 Å². The minimum absolute atomic E-state index is 0.0149. The molecule has 7 heteroatoms. The van der Waals surface area contributed by atoms with Crippen LogP contribution in [0.1, 0.15) is 15.9 Å². The molecule has 0 spiro atoms. The predicted molar refractivity (Wildman–Crippen MR) is 129 cm³/mol. The molecule has 3 aromatic carbocycles. The third-order valence-electron chi connectivity index (χ3n) is 5.28. The van der Waals surface area contributed by atoms with E-state index in [0.717, 1.165) is 17.3 Å². The molecule has 0 atom stereocenters. The number of para-hydroxylation sites is 2. The molecule has 162 valence electrons. The second-order valence-corrected chi connectivity index (χ2v) is 8.43. The van der Waals surface area contributed by atoms with Crippen molar-refractivity contribution in [2.24, 2.45) is 0 Å². The summed E-state index contributed by atoms with van der Waals surface area (Å²) >= 11 is 1.13. The molecular formula is C26H18N2O4S. The van der Waals surface area contributed by atoms with Gasteiger partial charge in [-0.15, -0.1) is 0 Å². The van der Waals surface area contributed by atoms with E-state index in [1.807, 2.05) is 42.5 Å². The molecule has 0 saturated carbocycles. The van der Waals surface area contributed by atoms with E-state index in [-0.39, 0.29) is 22.7 Å². The molecule has 2 heterocycles. The van der Waals surface area contributed by atoms with Gasteiger partial charge < -0.3 is 4.42 Å². The fourth-order valence-corrected chi connectivity index (χ4v) is 4.51. The minimum atomic E-state index is -0.674. The number of fused-ring (bicyclic) bond motifs is 2. The van der Waals surface area contributed by atoms with Crippen LogP contribution >= 0.6 is 11.8 Å². The zero-order valence-corrected chi connectivity index (χ0v) is 18.2. The second-order valence-electron chi connectivity index (χ2n) is 7.49. The smallest absolute Gasteiger partial charge is 0.347 e. The highest BCUT2D eigenvalue weighted by Crippen LogP contribution is 2.21. The normalized spacial score (nSPS) is 11.2.